The monoisotopic (exact) mass is 432 g/mol. The molecular formula is C22H25BrO4. The van der Waals surface area contributed by atoms with E-state index in [0.717, 1.165) is 35.7 Å². The van der Waals surface area contributed by atoms with Crippen LogP contribution in [-0.2, 0) is 15.9 Å². The highest BCUT2D eigenvalue weighted by Crippen LogP contribution is 2.17. The van der Waals surface area contributed by atoms with Crippen LogP contribution in [0.5, 0.6) is 0 Å². The zero-order valence-electron chi connectivity index (χ0n) is 15.6. The van der Waals surface area contributed by atoms with E-state index in [4.69, 9.17) is 9.47 Å². The van der Waals surface area contributed by atoms with E-state index in [1.54, 1.807) is 24.3 Å². The minimum absolute atomic E-state index is 0.238. The molecule has 0 atom stereocenters. The summed E-state index contributed by atoms with van der Waals surface area (Å²) in [6.45, 7) is 2.73. The third kappa shape index (κ3) is 6.83. The highest BCUT2D eigenvalue weighted by atomic mass is 79.9. The largest absolute Gasteiger partial charge is 0.462 e. The van der Waals surface area contributed by atoms with Gasteiger partial charge in [-0.2, -0.15) is 0 Å². The Morgan fingerprint density at radius 1 is 0.815 bits per heavy atom. The first-order chi connectivity index (χ1) is 13.1. The lowest BCUT2D eigenvalue weighted by atomic mass is 10.1. The fourth-order valence-corrected chi connectivity index (χ4v) is 3.13. The van der Waals surface area contributed by atoms with E-state index in [-0.39, 0.29) is 17.7 Å². The van der Waals surface area contributed by atoms with Gasteiger partial charge in [0.2, 0.25) is 0 Å². The second-order valence-corrected chi connectivity index (χ2v) is 7.07. The molecule has 0 saturated heterocycles. The normalized spacial score (nSPS) is 10.4. The van der Waals surface area contributed by atoms with E-state index in [2.05, 4.69) is 22.9 Å². The molecule has 0 saturated carbocycles. The zero-order chi connectivity index (χ0) is 19.5. The second kappa shape index (κ2) is 11.5. The van der Waals surface area contributed by atoms with Gasteiger partial charge in [-0.3, -0.25) is 0 Å². The fourth-order valence-electron chi connectivity index (χ4n) is 2.64. The first kappa shape index (κ1) is 21.2. The van der Waals surface area contributed by atoms with Crippen LogP contribution >= 0.6 is 15.9 Å². The summed E-state index contributed by atoms with van der Waals surface area (Å²) in [6.07, 6.45) is 4.71. The molecular weight excluding hydrogens is 408 g/mol. The fraction of sp³-hybridized carbons (Fsp3) is 0.364. The van der Waals surface area contributed by atoms with Gasteiger partial charge in [0.25, 0.3) is 0 Å². The van der Waals surface area contributed by atoms with Crippen LogP contribution in [0.4, 0.5) is 0 Å². The molecule has 0 aliphatic rings. The third-order valence-electron chi connectivity index (χ3n) is 4.16. The smallest absolute Gasteiger partial charge is 0.339 e. The predicted octanol–water partition coefficient (Wildman–Crippen LogP) is 5.59. The molecule has 0 N–H and O–H groups in total. The van der Waals surface area contributed by atoms with E-state index in [0.29, 0.717) is 13.0 Å². The van der Waals surface area contributed by atoms with Crippen LogP contribution in [0.25, 0.3) is 0 Å². The average Bonchev–Trinajstić information content (AvgIpc) is 2.69. The standard InChI is InChI=1S/C22H25BrO4/c1-2-3-4-9-15-26-21(24)18-11-6-7-12-19(18)22(25)27-16-14-17-10-5-8-13-20(17)23/h5-8,10-13H,2-4,9,14-16H2,1H3. The molecule has 0 bridgehead atoms. The quantitative estimate of drug-likeness (QED) is 0.362. The van der Waals surface area contributed by atoms with Crippen molar-refractivity contribution in [2.75, 3.05) is 13.2 Å². The summed E-state index contributed by atoms with van der Waals surface area (Å²) < 4.78 is 11.6. The van der Waals surface area contributed by atoms with Gasteiger partial charge in [0.15, 0.2) is 0 Å². The van der Waals surface area contributed by atoms with Crippen molar-refractivity contribution >= 4 is 27.9 Å². The van der Waals surface area contributed by atoms with E-state index >= 15 is 0 Å². The summed E-state index contributed by atoms with van der Waals surface area (Å²) in [6, 6.07) is 14.4. The number of halogens is 1. The van der Waals surface area contributed by atoms with E-state index in [1.807, 2.05) is 24.3 Å². The number of carbonyl (C=O) groups is 2. The third-order valence-corrected chi connectivity index (χ3v) is 4.93. The summed E-state index contributed by atoms with van der Waals surface area (Å²) >= 11 is 3.48. The lowest BCUT2D eigenvalue weighted by Gasteiger charge is -2.10. The Bertz CT molecular complexity index is 757. The number of unbranched alkanes of at least 4 members (excludes halogenated alkanes) is 3. The van der Waals surface area contributed by atoms with Crippen LogP contribution < -0.4 is 0 Å². The molecule has 2 aromatic carbocycles. The Labute approximate surface area is 169 Å². The van der Waals surface area contributed by atoms with Gasteiger partial charge in [0.05, 0.1) is 24.3 Å². The molecule has 2 rings (SSSR count). The second-order valence-electron chi connectivity index (χ2n) is 6.22. The van der Waals surface area contributed by atoms with Gasteiger partial charge in [-0.15, -0.1) is 0 Å². The van der Waals surface area contributed by atoms with Crippen LogP contribution in [-0.4, -0.2) is 25.2 Å². The molecule has 0 aromatic heterocycles. The van der Waals surface area contributed by atoms with Gasteiger partial charge in [0, 0.05) is 10.9 Å². The van der Waals surface area contributed by atoms with Crippen molar-refractivity contribution in [2.45, 2.75) is 39.0 Å². The molecule has 5 heteroatoms. The van der Waals surface area contributed by atoms with Gasteiger partial charge in [-0.25, -0.2) is 9.59 Å². The average molecular weight is 433 g/mol. The van der Waals surface area contributed by atoms with Crippen LogP contribution in [0, 0.1) is 0 Å². The van der Waals surface area contributed by atoms with Gasteiger partial charge in [0.1, 0.15) is 0 Å². The number of ether oxygens (including phenoxy) is 2. The lowest BCUT2D eigenvalue weighted by molar-refractivity contribution is 0.0456. The minimum Gasteiger partial charge on any atom is -0.462 e. The maximum Gasteiger partial charge on any atom is 0.339 e. The molecule has 0 aliphatic heterocycles. The molecule has 2 aromatic rings. The highest BCUT2D eigenvalue weighted by molar-refractivity contribution is 9.10. The van der Waals surface area contributed by atoms with Crippen molar-refractivity contribution in [3.63, 3.8) is 0 Å². The van der Waals surface area contributed by atoms with Crippen molar-refractivity contribution in [3.8, 4) is 0 Å². The van der Waals surface area contributed by atoms with Gasteiger partial charge in [-0.1, -0.05) is 72.4 Å². The number of hydrogen-bond donors (Lipinski definition) is 0. The molecule has 0 spiro atoms. The van der Waals surface area contributed by atoms with Gasteiger partial charge >= 0.3 is 11.9 Å². The first-order valence-corrected chi connectivity index (χ1v) is 10.1. The maximum absolute atomic E-state index is 12.4. The molecule has 0 aliphatic carbocycles. The van der Waals surface area contributed by atoms with Crippen molar-refractivity contribution in [1.82, 2.24) is 0 Å². The SMILES string of the molecule is CCCCCCOC(=O)c1ccccc1C(=O)OCCc1ccccc1Br. The minimum atomic E-state index is -0.513. The molecule has 27 heavy (non-hydrogen) atoms. The van der Waals surface area contributed by atoms with E-state index < -0.39 is 11.9 Å². The van der Waals surface area contributed by atoms with Crippen LogP contribution in [0.2, 0.25) is 0 Å². The summed E-state index contributed by atoms with van der Waals surface area (Å²) in [5.41, 5.74) is 1.55. The molecule has 0 unspecified atom stereocenters. The highest BCUT2D eigenvalue weighted by Gasteiger charge is 2.19. The van der Waals surface area contributed by atoms with Crippen molar-refractivity contribution in [3.05, 3.63) is 69.7 Å². The van der Waals surface area contributed by atoms with E-state index in [1.165, 1.54) is 0 Å². The zero-order valence-corrected chi connectivity index (χ0v) is 17.2. The maximum atomic E-state index is 12.4. The molecule has 4 nitrogen and oxygen atoms in total. The molecule has 0 fully saturated rings. The van der Waals surface area contributed by atoms with Crippen LogP contribution in [0.15, 0.2) is 53.0 Å². The lowest BCUT2D eigenvalue weighted by Crippen LogP contribution is -2.15. The Balaban J connectivity index is 1.90. The van der Waals surface area contributed by atoms with Crippen molar-refractivity contribution in [1.29, 1.82) is 0 Å². The number of benzene rings is 2. The summed E-state index contributed by atoms with van der Waals surface area (Å²) in [7, 11) is 0. The van der Waals surface area contributed by atoms with Gasteiger partial charge in [-0.05, 0) is 30.2 Å². The Morgan fingerprint density at radius 3 is 2.04 bits per heavy atom. The van der Waals surface area contributed by atoms with E-state index in [9.17, 15) is 9.59 Å². The summed E-state index contributed by atoms with van der Waals surface area (Å²) in [5.74, 6) is -0.995. The molecule has 0 amide bonds. The number of esters is 2. The Morgan fingerprint density at radius 2 is 1.41 bits per heavy atom. The summed E-state index contributed by atoms with van der Waals surface area (Å²) in [4.78, 5) is 24.7. The van der Waals surface area contributed by atoms with Crippen molar-refractivity contribution in [2.24, 2.45) is 0 Å². The predicted molar refractivity (Wildman–Crippen MR) is 109 cm³/mol. The Kier molecular flexibility index (Phi) is 9.05. The summed E-state index contributed by atoms with van der Waals surface area (Å²) in [5, 5.41) is 0. The molecule has 0 heterocycles. The van der Waals surface area contributed by atoms with Crippen LogP contribution in [0.1, 0.15) is 58.9 Å². The topological polar surface area (TPSA) is 52.6 Å². The van der Waals surface area contributed by atoms with Crippen LogP contribution in [0.3, 0.4) is 0 Å². The number of carbonyl (C=O) groups excluding carboxylic acids is 2. The number of hydrogen-bond acceptors (Lipinski definition) is 4. The van der Waals surface area contributed by atoms with Gasteiger partial charge < -0.3 is 9.47 Å². The first-order valence-electron chi connectivity index (χ1n) is 9.30. The molecule has 144 valence electrons. The Hall–Kier alpha value is -2.14. The number of rotatable bonds is 10. The van der Waals surface area contributed by atoms with Crippen molar-refractivity contribution < 1.29 is 19.1 Å². The molecule has 0 radical (unpaired) electrons.